The highest BCUT2D eigenvalue weighted by molar-refractivity contribution is 6.04. The summed E-state index contributed by atoms with van der Waals surface area (Å²) >= 11 is 0. The predicted octanol–water partition coefficient (Wildman–Crippen LogP) is 3.69. The van der Waals surface area contributed by atoms with Crippen LogP contribution in [0.1, 0.15) is 23.3 Å². The van der Waals surface area contributed by atoms with Crippen LogP contribution in [0.2, 0.25) is 0 Å². The topological polar surface area (TPSA) is 73.3 Å². The average molecular weight is 363 g/mol. The summed E-state index contributed by atoms with van der Waals surface area (Å²) in [6, 6.07) is 12.9. The number of benzene rings is 1. The molecule has 27 heavy (non-hydrogen) atoms. The lowest BCUT2D eigenvalue weighted by molar-refractivity contribution is 0.0493. The third-order valence-electron chi connectivity index (χ3n) is 4.68. The molecule has 3 aromatic rings. The first-order valence-corrected chi connectivity index (χ1v) is 9.11. The fraction of sp³-hybridized carbons (Fsp3) is 0.286. The third kappa shape index (κ3) is 4.23. The quantitative estimate of drug-likeness (QED) is 0.748. The summed E-state index contributed by atoms with van der Waals surface area (Å²) in [6.45, 7) is 2.25. The van der Waals surface area contributed by atoms with Gasteiger partial charge >= 0.3 is 0 Å². The molecule has 0 spiro atoms. The monoisotopic (exact) mass is 363 g/mol. The van der Waals surface area contributed by atoms with E-state index in [1.807, 2.05) is 24.3 Å². The highest BCUT2D eigenvalue weighted by Crippen LogP contribution is 2.27. The van der Waals surface area contributed by atoms with E-state index in [2.05, 4.69) is 15.3 Å². The lowest BCUT2D eigenvalue weighted by Gasteiger charge is -2.22. The number of fused-ring (bicyclic) bond motifs is 1. The zero-order valence-electron chi connectivity index (χ0n) is 14.9. The number of amides is 1. The standard InChI is InChI=1S/C21H21N3O3/c25-20(19-3-1-2-9-22-19)24-17-4-5-18-16(13-17)6-10-23-21(18)27-14-15-7-11-26-12-8-15/h1-6,9-10,13,15H,7-8,11-12,14H2,(H,24,25). The number of hydrogen-bond acceptors (Lipinski definition) is 5. The van der Waals surface area contributed by atoms with Crippen LogP contribution in [0.3, 0.4) is 0 Å². The number of nitrogens with one attached hydrogen (secondary N) is 1. The van der Waals surface area contributed by atoms with Crippen LogP contribution < -0.4 is 10.1 Å². The Morgan fingerprint density at radius 3 is 2.81 bits per heavy atom. The Morgan fingerprint density at radius 1 is 1.11 bits per heavy atom. The van der Waals surface area contributed by atoms with Crippen LogP contribution in [0, 0.1) is 5.92 Å². The van der Waals surface area contributed by atoms with Gasteiger partial charge in [0.05, 0.1) is 6.61 Å². The van der Waals surface area contributed by atoms with Crippen molar-refractivity contribution in [3.05, 3.63) is 60.6 Å². The van der Waals surface area contributed by atoms with Gasteiger partial charge in [-0.05, 0) is 60.5 Å². The van der Waals surface area contributed by atoms with Crippen molar-refractivity contribution in [1.29, 1.82) is 0 Å². The number of ether oxygens (including phenoxy) is 2. The number of pyridine rings is 2. The molecule has 0 saturated carbocycles. The molecule has 2 aromatic heterocycles. The van der Waals surface area contributed by atoms with Crippen LogP contribution in [0.4, 0.5) is 5.69 Å². The van der Waals surface area contributed by atoms with Gasteiger partial charge in [-0.15, -0.1) is 0 Å². The van der Waals surface area contributed by atoms with E-state index in [0.717, 1.165) is 36.8 Å². The van der Waals surface area contributed by atoms with Gasteiger partial charge in [0.2, 0.25) is 5.88 Å². The number of hydrogen-bond donors (Lipinski definition) is 1. The van der Waals surface area contributed by atoms with Crippen molar-refractivity contribution in [2.75, 3.05) is 25.1 Å². The minimum absolute atomic E-state index is 0.236. The van der Waals surface area contributed by atoms with E-state index in [1.54, 1.807) is 30.6 Å². The molecule has 4 rings (SSSR count). The second-order valence-corrected chi connectivity index (χ2v) is 6.59. The van der Waals surface area contributed by atoms with E-state index in [1.165, 1.54) is 0 Å². The van der Waals surface area contributed by atoms with Crippen molar-refractivity contribution in [3.63, 3.8) is 0 Å². The molecular weight excluding hydrogens is 342 g/mol. The van der Waals surface area contributed by atoms with E-state index in [4.69, 9.17) is 9.47 Å². The molecule has 0 bridgehead atoms. The van der Waals surface area contributed by atoms with Crippen LogP contribution in [-0.4, -0.2) is 35.7 Å². The Bertz CT molecular complexity index is 924. The van der Waals surface area contributed by atoms with Crippen LogP contribution in [0.5, 0.6) is 5.88 Å². The molecule has 1 fully saturated rings. The summed E-state index contributed by atoms with van der Waals surface area (Å²) in [7, 11) is 0. The fourth-order valence-corrected chi connectivity index (χ4v) is 3.15. The Morgan fingerprint density at radius 2 is 2.00 bits per heavy atom. The zero-order valence-corrected chi connectivity index (χ0v) is 14.9. The van der Waals surface area contributed by atoms with E-state index < -0.39 is 0 Å². The summed E-state index contributed by atoms with van der Waals surface area (Å²) in [6.07, 6.45) is 5.37. The van der Waals surface area contributed by atoms with Crippen molar-refractivity contribution in [3.8, 4) is 5.88 Å². The van der Waals surface area contributed by atoms with Gasteiger partial charge in [0, 0.05) is 36.7 Å². The first-order valence-electron chi connectivity index (χ1n) is 9.11. The normalized spacial score (nSPS) is 14.8. The highest BCUT2D eigenvalue weighted by atomic mass is 16.5. The van der Waals surface area contributed by atoms with Gasteiger partial charge in [-0.1, -0.05) is 6.07 Å². The van der Waals surface area contributed by atoms with Crippen LogP contribution in [-0.2, 0) is 4.74 Å². The molecule has 6 nitrogen and oxygen atoms in total. The number of anilines is 1. The Kier molecular flexibility index (Phi) is 5.25. The summed E-state index contributed by atoms with van der Waals surface area (Å²) in [5.74, 6) is 0.898. The fourth-order valence-electron chi connectivity index (χ4n) is 3.15. The summed E-state index contributed by atoms with van der Waals surface area (Å²) in [4.78, 5) is 20.7. The molecule has 6 heteroatoms. The van der Waals surface area contributed by atoms with E-state index >= 15 is 0 Å². The van der Waals surface area contributed by atoms with Crippen LogP contribution in [0.15, 0.2) is 54.9 Å². The van der Waals surface area contributed by atoms with Gasteiger partial charge in [0.25, 0.3) is 5.91 Å². The maximum Gasteiger partial charge on any atom is 0.274 e. The van der Waals surface area contributed by atoms with Crippen molar-refractivity contribution >= 4 is 22.4 Å². The number of aromatic nitrogens is 2. The molecule has 1 N–H and O–H groups in total. The Balaban J connectivity index is 1.48. The van der Waals surface area contributed by atoms with Crippen LogP contribution in [0.25, 0.3) is 10.8 Å². The number of nitrogens with zero attached hydrogens (tertiary/aromatic N) is 2. The van der Waals surface area contributed by atoms with Gasteiger partial charge in [-0.2, -0.15) is 0 Å². The first-order chi connectivity index (χ1) is 13.3. The first kappa shape index (κ1) is 17.4. The largest absolute Gasteiger partial charge is 0.477 e. The molecule has 0 radical (unpaired) electrons. The van der Waals surface area contributed by atoms with E-state index in [0.29, 0.717) is 29.8 Å². The van der Waals surface area contributed by atoms with Crippen molar-refractivity contribution in [1.82, 2.24) is 9.97 Å². The third-order valence-corrected chi connectivity index (χ3v) is 4.68. The second-order valence-electron chi connectivity index (χ2n) is 6.59. The Labute approximate surface area is 157 Å². The number of carbonyl (C=O) groups excluding carboxylic acids is 1. The van der Waals surface area contributed by atoms with E-state index in [9.17, 15) is 4.79 Å². The van der Waals surface area contributed by atoms with Crippen LogP contribution >= 0.6 is 0 Å². The highest BCUT2D eigenvalue weighted by Gasteiger charge is 2.15. The van der Waals surface area contributed by atoms with E-state index in [-0.39, 0.29) is 5.91 Å². The lowest BCUT2D eigenvalue weighted by Crippen LogP contribution is -2.21. The second kappa shape index (κ2) is 8.14. The zero-order chi connectivity index (χ0) is 18.5. The average Bonchev–Trinajstić information content (AvgIpc) is 2.73. The maximum absolute atomic E-state index is 12.3. The minimum Gasteiger partial charge on any atom is -0.477 e. The summed E-state index contributed by atoms with van der Waals surface area (Å²) < 4.78 is 11.4. The predicted molar refractivity (Wildman–Crippen MR) is 103 cm³/mol. The molecule has 1 amide bonds. The molecule has 0 unspecified atom stereocenters. The molecule has 138 valence electrons. The SMILES string of the molecule is O=C(Nc1ccc2c(OCC3CCOCC3)nccc2c1)c1ccccn1. The smallest absolute Gasteiger partial charge is 0.274 e. The Hall–Kier alpha value is -2.99. The molecule has 1 aromatic carbocycles. The molecular formula is C21H21N3O3. The molecule has 0 atom stereocenters. The summed E-state index contributed by atoms with van der Waals surface area (Å²) in [5, 5.41) is 4.77. The van der Waals surface area contributed by atoms with Crippen molar-refractivity contribution in [2.24, 2.45) is 5.92 Å². The number of rotatable bonds is 5. The molecule has 1 aliphatic rings. The number of carbonyl (C=O) groups is 1. The molecule has 1 aliphatic heterocycles. The van der Waals surface area contributed by atoms with Gasteiger partial charge < -0.3 is 14.8 Å². The van der Waals surface area contributed by atoms with Crippen molar-refractivity contribution in [2.45, 2.75) is 12.8 Å². The van der Waals surface area contributed by atoms with Gasteiger partial charge in [-0.25, -0.2) is 4.98 Å². The maximum atomic E-state index is 12.3. The van der Waals surface area contributed by atoms with Gasteiger partial charge in [0.15, 0.2) is 0 Å². The van der Waals surface area contributed by atoms with Gasteiger partial charge in [-0.3, -0.25) is 9.78 Å². The van der Waals surface area contributed by atoms with Crippen molar-refractivity contribution < 1.29 is 14.3 Å². The van der Waals surface area contributed by atoms with Gasteiger partial charge in [0.1, 0.15) is 5.69 Å². The summed E-state index contributed by atoms with van der Waals surface area (Å²) in [5.41, 5.74) is 1.09. The lowest BCUT2D eigenvalue weighted by atomic mass is 10.0. The molecule has 3 heterocycles. The minimum atomic E-state index is -0.236. The molecule has 0 aliphatic carbocycles. The molecule has 1 saturated heterocycles.